The van der Waals surface area contributed by atoms with Gasteiger partial charge in [0.1, 0.15) is 30.5 Å². The van der Waals surface area contributed by atoms with Gasteiger partial charge < -0.3 is 45.4 Å². The van der Waals surface area contributed by atoms with E-state index in [9.17, 15) is 35.4 Å². The van der Waals surface area contributed by atoms with Gasteiger partial charge >= 0.3 is 0 Å². The highest BCUT2D eigenvalue weighted by molar-refractivity contribution is 5.80. The van der Waals surface area contributed by atoms with Gasteiger partial charge in [-0.05, 0) is 32.1 Å². The molecule has 8 unspecified atom stereocenters. The van der Waals surface area contributed by atoms with E-state index in [0.717, 1.165) is 32.1 Å². The second-order valence-electron chi connectivity index (χ2n) is 13.5. The van der Waals surface area contributed by atoms with Crippen LogP contribution in [0, 0.1) is 0 Å². The van der Waals surface area contributed by atoms with Crippen LogP contribution in [0.5, 0.6) is 0 Å². The van der Waals surface area contributed by atoms with Gasteiger partial charge in [-0.1, -0.05) is 141 Å². The molecule has 10 nitrogen and oxygen atoms in total. The second kappa shape index (κ2) is 29.4. The molecule has 0 spiro atoms. The van der Waals surface area contributed by atoms with E-state index in [1.165, 1.54) is 83.5 Å². The highest BCUT2D eigenvalue weighted by Gasteiger charge is 2.44. The van der Waals surface area contributed by atoms with Crippen molar-refractivity contribution in [2.45, 2.75) is 198 Å². The van der Waals surface area contributed by atoms with Crippen LogP contribution in [0.2, 0.25) is 0 Å². The zero-order valence-corrected chi connectivity index (χ0v) is 30.1. The summed E-state index contributed by atoms with van der Waals surface area (Å²) in [7, 11) is 0. The molecule has 8 atom stereocenters. The lowest BCUT2D eigenvalue weighted by molar-refractivity contribution is -0.302. The smallest absolute Gasteiger partial charge is 0.249 e. The summed E-state index contributed by atoms with van der Waals surface area (Å²) in [5.41, 5.74) is 0. The van der Waals surface area contributed by atoms with Gasteiger partial charge in [0, 0.05) is 0 Å². The van der Waals surface area contributed by atoms with E-state index in [1.807, 2.05) is 6.08 Å². The number of carbonyl (C=O) groups is 1. The quantitative estimate of drug-likeness (QED) is 0.0389. The van der Waals surface area contributed by atoms with Crippen molar-refractivity contribution in [3.63, 3.8) is 0 Å². The van der Waals surface area contributed by atoms with Gasteiger partial charge in [0.05, 0.1) is 25.4 Å². The lowest BCUT2D eigenvalue weighted by atomic mass is 9.99. The third-order valence-corrected chi connectivity index (χ3v) is 9.14. The molecule has 0 saturated carbocycles. The molecule has 1 rings (SSSR count). The summed E-state index contributed by atoms with van der Waals surface area (Å²) in [5, 5.41) is 64.2. The van der Waals surface area contributed by atoms with Crippen molar-refractivity contribution in [3.8, 4) is 0 Å². The maximum Gasteiger partial charge on any atom is 0.249 e. The molecular formula is C38H71NO9. The third kappa shape index (κ3) is 20.3. The Hall–Kier alpha value is -1.37. The zero-order valence-electron chi connectivity index (χ0n) is 30.1. The second-order valence-corrected chi connectivity index (χ2v) is 13.5. The molecule has 0 aromatic heterocycles. The van der Waals surface area contributed by atoms with Crippen molar-refractivity contribution >= 4 is 5.91 Å². The molecule has 1 amide bonds. The number of ether oxygens (including phenoxy) is 2. The van der Waals surface area contributed by atoms with Gasteiger partial charge in [-0.25, -0.2) is 0 Å². The summed E-state index contributed by atoms with van der Waals surface area (Å²) >= 11 is 0. The molecule has 1 heterocycles. The first-order valence-corrected chi connectivity index (χ1v) is 19.2. The third-order valence-electron chi connectivity index (χ3n) is 9.14. The SMILES string of the molecule is CCCCCCCCC/C=C\CC/C=C\C(O)C(COC1OC(CO)C(O)C(O)C1O)NC(=O)C(O)CCCCCCCCCCCC. The number of aliphatic hydroxyl groups excluding tert-OH is 6. The van der Waals surface area contributed by atoms with E-state index in [0.29, 0.717) is 19.3 Å². The molecule has 7 N–H and O–H groups in total. The van der Waals surface area contributed by atoms with Crippen LogP contribution in [0.15, 0.2) is 24.3 Å². The fourth-order valence-corrected chi connectivity index (χ4v) is 5.88. The van der Waals surface area contributed by atoms with Crippen LogP contribution in [0.1, 0.15) is 149 Å². The Balaban J connectivity index is 2.57. The van der Waals surface area contributed by atoms with Gasteiger partial charge in [-0.15, -0.1) is 0 Å². The maximum atomic E-state index is 12.9. The van der Waals surface area contributed by atoms with Crippen LogP contribution >= 0.6 is 0 Å². The van der Waals surface area contributed by atoms with Crippen molar-refractivity contribution in [3.05, 3.63) is 24.3 Å². The van der Waals surface area contributed by atoms with E-state index >= 15 is 0 Å². The number of hydrogen-bond donors (Lipinski definition) is 7. The van der Waals surface area contributed by atoms with Gasteiger partial charge in [0.2, 0.25) is 5.91 Å². The first-order valence-electron chi connectivity index (χ1n) is 19.2. The molecule has 1 aliphatic rings. The number of aliphatic hydroxyl groups is 6. The largest absolute Gasteiger partial charge is 0.394 e. The molecule has 282 valence electrons. The Labute approximate surface area is 291 Å². The molecule has 1 fully saturated rings. The first-order chi connectivity index (χ1) is 23.3. The summed E-state index contributed by atoms with van der Waals surface area (Å²) in [6, 6.07) is -0.989. The van der Waals surface area contributed by atoms with Crippen LogP contribution in [0.4, 0.5) is 0 Å². The molecule has 0 radical (unpaired) electrons. The Morgan fingerprint density at radius 2 is 1.23 bits per heavy atom. The molecule has 1 aliphatic heterocycles. The predicted molar refractivity (Wildman–Crippen MR) is 190 cm³/mol. The van der Waals surface area contributed by atoms with Gasteiger partial charge in [-0.2, -0.15) is 0 Å². The zero-order chi connectivity index (χ0) is 35.4. The molecular weight excluding hydrogens is 614 g/mol. The summed E-state index contributed by atoms with van der Waals surface area (Å²) in [5.74, 6) is -0.630. The molecule has 0 aromatic rings. The van der Waals surface area contributed by atoms with Crippen LogP contribution in [-0.4, -0.2) is 98.7 Å². The Kier molecular flexibility index (Phi) is 27.3. The van der Waals surface area contributed by atoms with Gasteiger partial charge in [-0.3, -0.25) is 4.79 Å². The van der Waals surface area contributed by atoms with E-state index < -0.39 is 61.5 Å². The number of allylic oxidation sites excluding steroid dienone is 3. The number of rotatable bonds is 30. The summed E-state index contributed by atoms with van der Waals surface area (Å²) < 4.78 is 11.1. The van der Waals surface area contributed by atoms with Crippen LogP contribution in [0.25, 0.3) is 0 Å². The highest BCUT2D eigenvalue weighted by Crippen LogP contribution is 2.22. The van der Waals surface area contributed by atoms with E-state index in [-0.39, 0.29) is 6.61 Å². The minimum atomic E-state index is -1.61. The fraction of sp³-hybridized carbons (Fsp3) is 0.868. The van der Waals surface area contributed by atoms with Crippen LogP contribution in [0.3, 0.4) is 0 Å². The van der Waals surface area contributed by atoms with Crippen molar-refractivity contribution in [1.82, 2.24) is 5.32 Å². The van der Waals surface area contributed by atoms with Crippen LogP contribution < -0.4 is 5.32 Å². The van der Waals surface area contributed by atoms with Gasteiger partial charge in [0.15, 0.2) is 6.29 Å². The number of nitrogens with one attached hydrogen (secondary N) is 1. The average Bonchev–Trinajstić information content (AvgIpc) is 3.08. The lowest BCUT2D eigenvalue weighted by Crippen LogP contribution is -2.60. The van der Waals surface area contributed by atoms with Crippen molar-refractivity contribution < 1.29 is 44.9 Å². The maximum absolute atomic E-state index is 12.9. The topological polar surface area (TPSA) is 169 Å². The molecule has 48 heavy (non-hydrogen) atoms. The van der Waals surface area contributed by atoms with Crippen molar-refractivity contribution in [1.29, 1.82) is 0 Å². The number of hydrogen-bond acceptors (Lipinski definition) is 9. The summed E-state index contributed by atoms with van der Waals surface area (Å²) in [6.07, 6.45) is 21.3. The molecule has 10 heteroatoms. The summed E-state index contributed by atoms with van der Waals surface area (Å²) in [6.45, 7) is 3.52. The predicted octanol–water partition coefficient (Wildman–Crippen LogP) is 5.35. The molecule has 0 aliphatic carbocycles. The minimum Gasteiger partial charge on any atom is -0.394 e. The average molecular weight is 686 g/mol. The molecule has 0 aromatic carbocycles. The monoisotopic (exact) mass is 686 g/mol. The van der Waals surface area contributed by atoms with E-state index in [2.05, 4.69) is 31.3 Å². The minimum absolute atomic E-state index is 0.305. The normalized spacial score (nSPS) is 23.5. The summed E-state index contributed by atoms with van der Waals surface area (Å²) in [4.78, 5) is 12.9. The highest BCUT2D eigenvalue weighted by atomic mass is 16.7. The lowest BCUT2D eigenvalue weighted by Gasteiger charge is -2.40. The number of unbranched alkanes of at least 4 members (excludes halogenated alkanes) is 17. The van der Waals surface area contributed by atoms with Crippen molar-refractivity contribution in [2.24, 2.45) is 0 Å². The van der Waals surface area contributed by atoms with Crippen molar-refractivity contribution in [2.75, 3.05) is 13.2 Å². The number of carbonyl (C=O) groups excluding carboxylic acids is 1. The van der Waals surface area contributed by atoms with E-state index in [1.54, 1.807) is 6.08 Å². The Bertz CT molecular complexity index is 824. The Morgan fingerprint density at radius 1 is 0.708 bits per heavy atom. The Morgan fingerprint density at radius 3 is 1.81 bits per heavy atom. The molecule has 1 saturated heterocycles. The van der Waals surface area contributed by atoms with Crippen LogP contribution in [-0.2, 0) is 14.3 Å². The first kappa shape index (κ1) is 44.7. The molecule has 0 bridgehead atoms. The number of amides is 1. The fourth-order valence-electron chi connectivity index (χ4n) is 5.88. The standard InChI is InChI=1S/C38H71NO9/c1-3-5-7-9-11-13-15-16-17-19-20-22-24-26-31(41)30(29-47-38-36(45)35(44)34(43)33(28-40)48-38)39-37(46)32(42)27-25-23-21-18-14-12-10-8-6-4-2/h17,19,24,26,30-36,38,40-45H,3-16,18,20-23,25,27-29H2,1-2H3,(H,39,46)/b19-17-,26-24-. The van der Waals surface area contributed by atoms with E-state index in [4.69, 9.17) is 9.47 Å². The van der Waals surface area contributed by atoms with Gasteiger partial charge in [0.25, 0.3) is 0 Å².